The number of aromatic nitrogens is 3. The number of nitrogens with zero attached hydrogens (tertiary/aromatic N) is 5. The van der Waals surface area contributed by atoms with Crippen molar-refractivity contribution in [2.75, 3.05) is 57.9 Å². The summed E-state index contributed by atoms with van der Waals surface area (Å²) < 4.78 is 147. The highest BCUT2D eigenvalue weighted by Gasteiger charge is 2.85. The van der Waals surface area contributed by atoms with Gasteiger partial charge < -0.3 is 24.8 Å². The Balaban J connectivity index is 0.000000440. The normalized spacial score (nSPS) is 16.2. The molecule has 0 unspecified atom stereocenters. The molecule has 0 atom stereocenters. The zero-order chi connectivity index (χ0) is 48.4. The number of terminal acetylenes is 1. The fourth-order valence-electron chi connectivity index (χ4n) is 8.05. The minimum absolute atomic E-state index is 0.0167. The van der Waals surface area contributed by atoms with Crippen LogP contribution in [0, 0.1) is 24.0 Å². The predicted molar refractivity (Wildman–Crippen MR) is 224 cm³/mol. The molecule has 356 valence electrons. The average Bonchev–Trinajstić information content (AvgIpc) is 3.85. The number of aryl methyl sites for hydroxylation is 1. The Kier molecular flexibility index (Phi) is 18.4. The van der Waals surface area contributed by atoms with Gasteiger partial charge >= 0.3 is 30.1 Å². The minimum Gasteiger partial charge on any atom is -0.508 e. The van der Waals surface area contributed by atoms with Gasteiger partial charge in [0.25, 0.3) is 0 Å². The molecule has 64 heavy (non-hydrogen) atoms. The number of nitrogens with one attached hydrogen (secondary N) is 1. The number of phenolic OH excluding ortho intramolecular Hbond substituents is 1. The van der Waals surface area contributed by atoms with E-state index in [0.29, 0.717) is 53.8 Å². The molecule has 0 saturated carbocycles. The van der Waals surface area contributed by atoms with E-state index in [4.69, 9.17) is 21.1 Å². The van der Waals surface area contributed by atoms with Crippen molar-refractivity contribution in [3.8, 4) is 35.4 Å². The Morgan fingerprint density at radius 2 is 1.38 bits per heavy atom. The Morgan fingerprint density at radius 1 is 0.812 bits per heavy atom. The second-order valence-electron chi connectivity index (χ2n) is 14.1. The van der Waals surface area contributed by atoms with Crippen LogP contribution in [0.2, 0.25) is 0 Å². The highest BCUT2D eigenvalue weighted by Crippen LogP contribution is 2.54. The van der Waals surface area contributed by atoms with E-state index < -0.39 is 35.8 Å². The molecule has 5 heterocycles. The maximum absolute atomic E-state index is 16.9. The number of rotatable bonds is 7. The first-order valence-corrected chi connectivity index (χ1v) is 21.1. The molecule has 3 aliphatic heterocycles. The van der Waals surface area contributed by atoms with Crippen LogP contribution in [-0.4, -0.2) is 108 Å². The number of benzene rings is 2. The van der Waals surface area contributed by atoms with Gasteiger partial charge in [-0.05, 0) is 68.8 Å². The number of halogens is 11. The van der Waals surface area contributed by atoms with Crippen LogP contribution < -0.4 is 15.0 Å². The molecule has 4 aromatic rings. The summed E-state index contributed by atoms with van der Waals surface area (Å²) >= 11 is 0. The van der Waals surface area contributed by atoms with E-state index in [-0.39, 0.29) is 46.7 Å². The van der Waals surface area contributed by atoms with Crippen LogP contribution in [0.15, 0.2) is 24.3 Å². The van der Waals surface area contributed by atoms with Crippen molar-refractivity contribution >= 4 is 27.5 Å². The van der Waals surface area contributed by atoms with Crippen molar-refractivity contribution in [3.63, 3.8) is 0 Å². The molecule has 9 nitrogen and oxygen atoms in total. The number of pyridine rings is 1. The van der Waals surface area contributed by atoms with Gasteiger partial charge in [0.2, 0.25) is 0 Å². The number of alkyl halides is 9. The molecule has 2 aromatic heterocycles. The van der Waals surface area contributed by atoms with E-state index in [1.165, 1.54) is 24.3 Å². The summed E-state index contributed by atoms with van der Waals surface area (Å²) in [5.41, 5.74) is -5.36. The summed E-state index contributed by atoms with van der Waals surface area (Å²) in [4.78, 5) is 18.9. The predicted octanol–water partition coefficient (Wildman–Crippen LogP) is 10.9. The zero-order valence-corrected chi connectivity index (χ0v) is 37.0. The van der Waals surface area contributed by atoms with Crippen LogP contribution in [0.1, 0.15) is 85.4 Å². The topological polar surface area (TPSA) is 95.9 Å². The quantitative estimate of drug-likeness (QED) is 0.139. The Hall–Kier alpha value is -4.74. The van der Waals surface area contributed by atoms with Crippen molar-refractivity contribution in [2.24, 2.45) is 0 Å². The van der Waals surface area contributed by atoms with Gasteiger partial charge in [-0.15, -0.1) is 6.42 Å². The van der Waals surface area contributed by atoms with Crippen molar-refractivity contribution in [1.29, 1.82) is 0 Å². The fourth-order valence-corrected chi connectivity index (χ4v) is 8.05. The Bertz CT molecular complexity index is 2170. The molecule has 0 aliphatic carbocycles. The molecule has 0 spiro atoms. The molecule has 0 radical (unpaired) electrons. The van der Waals surface area contributed by atoms with Crippen LogP contribution in [-0.2, 0) is 11.2 Å². The van der Waals surface area contributed by atoms with E-state index >= 15 is 4.39 Å². The SMILES string of the molecule is C#Cc1c(F)ccc2cc(O)cc(-c3nc(CC)c4c(N5CCNCC5)nc(OCC56CCCN5CCC6)nc4c3F)c12.CC.CC.CC.COC(C(F)(F)F)(C(F)(F)F)C(F)(F)F. The molecule has 3 aliphatic rings. The second kappa shape index (κ2) is 22.0. The van der Waals surface area contributed by atoms with Gasteiger partial charge in [-0.3, -0.25) is 4.90 Å². The first kappa shape index (κ1) is 53.6. The Labute approximate surface area is 365 Å². The number of methoxy groups -OCH3 is 1. The van der Waals surface area contributed by atoms with Crippen LogP contribution >= 0.6 is 0 Å². The van der Waals surface area contributed by atoms with E-state index in [0.717, 1.165) is 51.9 Å². The molecular weight excluding hydrogens is 870 g/mol. The number of piperazine rings is 1. The number of hydrogen-bond acceptors (Lipinski definition) is 9. The van der Waals surface area contributed by atoms with Gasteiger partial charge in [-0.25, -0.2) is 13.8 Å². The van der Waals surface area contributed by atoms with Crippen LogP contribution in [0.5, 0.6) is 11.8 Å². The summed E-state index contributed by atoms with van der Waals surface area (Å²) in [5, 5.41) is 15.3. The van der Waals surface area contributed by atoms with Gasteiger partial charge in [0.1, 0.15) is 35.2 Å². The third-order valence-corrected chi connectivity index (χ3v) is 10.8. The molecule has 3 saturated heterocycles. The monoisotopic (exact) mass is 924 g/mol. The van der Waals surface area contributed by atoms with Gasteiger partial charge in [-0.2, -0.15) is 49.5 Å². The molecular formula is C44H55F11N6O3. The van der Waals surface area contributed by atoms with Gasteiger partial charge in [-0.1, -0.05) is 60.5 Å². The van der Waals surface area contributed by atoms with Crippen LogP contribution in [0.3, 0.4) is 0 Å². The van der Waals surface area contributed by atoms with E-state index in [9.17, 15) is 49.0 Å². The average molecular weight is 925 g/mol. The largest absolute Gasteiger partial charge is 0.508 e. The zero-order valence-electron chi connectivity index (χ0n) is 37.0. The maximum atomic E-state index is 16.9. The minimum atomic E-state index is -6.64. The van der Waals surface area contributed by atoms with Crippen molar-refractivity contribution in [1.82, 2.24) is 25.2 Å². The number of ether oxygens (including phenoxy) is 2. The molecule has 2 aromatic carbocycles. The highest BCUT2D eigenvalue weighted by molar-refractivity contribution is 6.03. The summed E-state index contributed by atoms with van der Waals surface area (Å²) in [5.74, 6) is 1.59. The lowest BCUT2D eigenvalue weighted by atomic mass is 9.95. The van der Waals surface area contributed by atoms with Crippen molar-refractivity contribution in [3.05, 3.63) is 47.2 Å². The summed E-state index contributed by atoms with van der Waals surface area (Å²) in [7, 11) is -0.311. The lowest BCUT2D eigenvalue weighted by Gasteiger charge is -2.36. The number of anilines is 1. The summed E-state index contributed by atoms with van der Waals surface area (Å²) in [6, 6.07) is 5.74. The first-order chi connectivity index (χ1) is 30.2. The third kappa shape index (κ3) is 10.4. The van der Waals surface area contributed by atoms with Gasteiger partial charge in [0, 0.05) is 44.2 Å². The lowest BCUT2D eigenvalue weighted by molar-refractivity contribution is -0.452. The molecule has 20 heteroatoms. The standard InChI is InChI=1S/C33H34F2N6O2.C5H3F9O.3C2H6/c1-3-22-24(34)8-7-20-17-21(42)18-23(26(20)22)29-28(35)30-27(25(4-2)37-29)31(40-15-11-36-12-16-40)39-32(38-30)43-19-33-9-5-13-41(33)14-6-10-33;1-15-2(3(6,7)8,4(9,10)11)5(12,13)14;3*1-2/h1,7-8,17-18,36,42H,4-6,9-16,19H2,2H3;1H3;3*1-2H3. The summed E-state index contributed by atoms with van der Waals surface area (Å²) in [6.45, 7) is 19.4. The van der Waals surface area contributed by atoms with Crippen molar-refractivity contribution < 1.29 is 62.9 Å². The Morgan fingerprint density at radius 3 is 1.86 bits per heavy atom. The second-order valence-corrected chi connectivity index (χ2v) is 14.1. The van der Waals surface area contributed by atoms with E-state index in [1.807, 2.05) is 48.5 Å². The van der Waals surface area contributed by atoms with Gasteiger partial charge in [0.05, 0.1) is 22.2 Å². The number of phenols is 1. The van der Waals surface area contributed by atoms with Crippen LogP contribution in [0.25, 0.3) is 32.9 Å². The first-order valence-electron chi connectivity index (χ1n) is 21.1. The molecule has 7 rings (SSSR count). The fraction of sp³-hybridized carbons (Fsp3) is 0.568. The maximum Gasteiger partial charge on any atom is 0.435 e. The highest BCUT2D eigenvalue weighted by atomic mass is 19.4. The third-order valence-electron chi connectivity index (χ3n) is 10.8. The number of aromatic hydroxyl groups is 1. The van der Waals surface area contributed by atoms with E-state index in [1.54, 1.807) is 0 Å². The van der Waals surface area contributed by atoms with Gasteiger partial charge in [0.15, 0.2) is 5.82 Å². The lowest BCUT2D eigenvalue weighted by Crippen LogP contribution is -2.67. The smallest absolute Gasteiger partial charge is 0.435 e. The van der Waals surface area contributed by atoms with Crippen molar-refractivity contribution in [2.45, 2.75) is 110 Å². The van der Waals surface area contributed by atoms with E-state index in [2.05, 4.69) is 30.8 Å². The summed E-state index contributed by atoms with van der Waals surface area (Å²) in [6.07, 6.45) is -9.35. The molecule has 3 fully saturated rings. The molecule has 0 amide bonds. The number of fused-ring (bicyclic) bond motifs is 3. The number of hydrogen-bond donors (Lipinski definition) is 2. The van der Waals surface area contributed by atoms with Crippen LogP contribution in [0.4, 0.5) is 54.1 Å². The molecule has 2 N–H and O–H groups in total. The molecule has 0 bridgehead atoms.